The van der Waals surface area contributed by atoms with E-state index in [1.54, 1.807) is 51.5 Å². The number of rotatable bonds is 17. The summed E-state index contributed by atoms with van der Waals surface area (Å²) in [5, 5.41) is 13.9. The highest BCUT2D eigenvalue weighted by molar-refractivity contribution is 6.38. The number of carbonyl (C=O) groups is 7. The van der Waals surface area contributed by atoms with E-state index >= 15 is 0 Å². The molecule has 7 amide bonds. The molecular weight excluding hydrogens is 771 g/mol. The highest BCUT2D eigenvalue weighted by Crippen LogP contribution is 2.44. The van der Waals surface area contributed by atoms with E-state index in [4.69, 9.17) is 9.47 Å². The summed E-state index contributed by atoms with van der Waals surface area (Å²) in [5.74, 6) is -4.40. The molecule has 0 radical (unpaired) electrons. The van der Waals surface area contributed by atoms with Gasteiger partial charge in [0.2, 0.25) is 29.4 Å². The Morgan fingerprint density at radius 1 is 0.917 bits per heavy atom. The maximum atomic E-state index is 14.8. The zero-order valence-corrected chi connectivity index (χ0v) is 36.6. The number of nitrogens with zero attached hydrogens (tertiary/aromatic N) is 2. The molecule has 332 valence electrons. The van der Waals surface area contributed by atoms with Crippen LogP contribution in [0.3, 0.4) is 0 Å². The number of ether oxygens (including phenoxy) is 2. The van der Waals surface area contributed by atoms with Gasteiger partial charge in [0.1, 0.15) is 18.1 Å². The first-order valence-corrected chi connectivity index (χ1v) is 21.5. The number of likely N-dealkylation sites (tertiary alicyclic amines) is 1. The van der Waals surface area contributed by atoms with Crippen LogP contribution in [0.4, 0.5) is 4.79 Å². The monoisotopic (exact) mass is 838 g/mol. The predicted octanol–water partition coefficient (Wildman–Crippen LogP) is 2.61. The average Bonchev–Trinajstić information content (AvgIpc) is 3.88. The normalized spacial score (nSPS) is 23.3. The Balaban J connectivity index is 1.32. The van der Waals surface area contributed by atoms with Crippen molar-refractivity contribution in [1.29, 1.82) is 0 Å². The minimum atomic E-state index is -1.21. The van der Waals surface area contributed by atoms with E-state index in [1.807, 2.05) is 34.6 Å². The molecule has 5 N–H and O–H groups in total. The lowest BCUT2D eigenvalue weighted by molar-refractivity contribution is -0.145. The van der Waals surface area contributed by atoms with E-state index in [0.29, 0.717) is 12.0 Å². The fourth-order valence-corrected chi connectivity index (χ4v) is 8.86. The Morgan fingerprint density at radius 2 is 1.58 bits per heavy atom. The molecule has 1 aromatic carbocycles. The van der Waals surface area contributed by atoms with Gasteiger partial charge < -0.3 is 45.9 Å². The first kappa shape index (κ1) is 46.5. The molecule has 5 rings (SSSR count). The van der Waals surface area contributed by atoms with Crippen molar-refractivity contribution in [2.24, 2.45) is 23.2 Å². The number of hydrogen-bond donors (Lipinski definition) is 5. The summed E-state index contributed by atoms with van der Waals surface area (Å²) in [5.41, 5.74) is -0.335. The van der Waals surface area contributed by atoms with Crippen molar-refractivity contribution in [1.82, 2.24) is 36.4 Å². The van der Waals surface area contributed by atoms with Crippen molar-refractivity contribution < 1.29 is 43.0 Å². The Bertz CT molecular complexity index is 1720. The van der Waals surface area contributed by atoms with Gasteiger partial charge in [0.15, 0.2) is 0 Å². The minimum Gasteiger partial charge on any atom is -0.383 e. The second-order valence-corrected chi connectivity index (χ2v) is 19.0. The van der Waals surface area contributed by atoms with E-state index in [9.17, 15) is 33.6 Å². The Hall–Kier alpha value is -4.57. The third-order valence-electron chi connectivity index (χ3n) is 12.4. The van der Waals surface area contributed by atoms with Gasteiger partial charge in [0, 0.05) is 33.7 Å². The van der Waals surface area contributed by atoms with Crippen LogP contribution in [0.1, 0.15) is 104 Å². The lowest BCUT2D eigenvalue weighted by Gasteiger charge is -2.37. The van der Waals surface area contributed by atoms with Crippen molar-refractivity contribution in [2.45, 2.75) is 134 Å². The van der Waals surface area contributed by atoms with Crippen LogP contribution in [0.5, 0.6) is 0 Å². The van der Waals surface area contributed by atoms with Crippen molar-refractivity contribution >= 4 is 41.4 Å². The average molecular weight is 838 g/mol. The molecule has 2 saturated heterocycles. The van der Waals surface area contributed by atoms with E-state index < -0.39 is 77.9 Å². The van der Waals surface area contributed by atoms with Crippen molar-refractivity contribution in [3.63, 3.8) is 0 Å². The predicted molar refractivity (Wildman–Crippen MR) is 223 cm³/mol. The van der Waals surface area contributed by atoms with Gasteiger partial charge in [-0.2, -0.15) is 0 Å². The van der Waals surface area contributed by atoms with E-state index in [-0.39, 0.29) is 54.7 Å². The van der Waals surface area contributed by atoms with Gasteiger partial charge in [-0.05, 0) is 62.3 Å². The molecule has 16 heteroatoms. The maximum Gasteiger partial charge on any atom is 0.315 e. The third-order valence-corrected chi connectivity index (χ3v) is 12.4. The molecule has 4 fully saturated rings. The molecular formula is C44H67N7O9. The fourth-order valence-electron chi connectivity index (χ4n) is 8.86. The molecule has 2 saturated carbocycles. The number of benzene rings is 1. The number of amides is 7. The van der Waals surface area contributed by atoms with Gasteiger partial charge in [0.05, 0.1) is 36.9 Å². The standard InChI is InChI=1S/C44H67N7O9/c1-43(2,3)32(25-59-8)47-42(58)49-35(28-17-13-10-14-18-28)41(57)51-24-31-29(22-44(4,5)60-31)36(51)38(54)46-30(21-26-19-20-26)37(53)39(55)45-23-33(52)48-34(40(56)50(6)7)27-15-11-9-12-16-27/h9,11-12,15-16,26,28-32,34-36H,10,13-14,17-25H2,1-8H3,(H,45,55)(H,46,54)(H,48,52)(H2,47,49,58)/t29-,30?,31-,32+,34?,35-,36-/m0/s1. The number of urea groups is 1. The molecule has 2 aliphatic heterocycles. The van der Waals surface area contributed by atoms with Crippen LogP contribution in [-0.2, 0) is 38.2 Å². The molecule has 1 aromatic rings. The molecule has 2 unspecified atom stereocenters. The van der Waals surface area contributed by atoms with Gasteiger partial charge in [-0.1, -0.05) is 83.2 Å². The van der Waals surface area contributed by atoms with Crippen molar-refractivity contribution in [3.05, 3.63) is 35.9 Å². The number of hydrogen-bond acceptors (Lipinski definition) is 9. The number of fused-ring (bicyclic) bond motifs is 1. The summed E-state index contributed by atoms with van der Waals surface area (Å²) in [6.07, 6.45) is 6.25. The maximum absolute atomic E-state index is 14.8. The molecule has 7 atom stereocenters. The Morgan fingerprint density at radius 3 is 2.18 bits per heavy atom. The quantitative estimate of drug-likeness (QED) is 0.146. The third kappa shape index (κ3) is 12.0. The Labute approximate surface area is 354 Å². The molecule has 16 nitrogen and oxygen atoms in total. The van der Waals surface area contributed by atoms with Gasteiger partial charge >= 0.3 is 6.03 Å². The lowest BCUT2D eigenvalue weighted by Crippen LogP contribution is -2.61. The minimum absolute atomic E-state index is 0.121. The zero-order valence-electron chi connectivity index (χ0n) is 36.6. The van der Waals surface area contributed by atoms with Crippen LogP contribution in [-0.4, -0.2) is 128 Å². The largest absolute Gasteiger partial charge is 0.383 e. The number of methoxy groups -OCH3 is 1. The van der Waals surface area contributed by atoms with Crippen LogP contribution in [0.15, 0.2) is 30.3 Å². The molecule has 60 heavy (non-hydrogen) atoms. The summed E-state index contributed by atoms with van der Waals surface area (Å²) >= 11 is 0. The zero-order chi connectivity index (χ0) is 43.9. The molecule has 2 heterocycles. The van der Waals surface area contributed by atoms with Crippen LogP contribution in [0.2, 0.25) is 0 Å². The van der Waals surface area contributed by atoms with Gasteiger partial charge in [-0.15, -0.1) is 0 Å². The highest BCUT2D eigenvalue weighted by atomic mass is 16.5. The van der Waals surface area contributed by atoms with Crippen LogP contribution >= 0.6 is 0 Å². The summed E-state index contributed by atoms with van der Waals surface area (Å²) in [6.45, 7) is 9.69. The van der Waals surface area contributed by atoms with Gasteiger partial charge in [0.25, 0.3) is 5.91 Å². The lowest BCUT2D eigenvalue weighted by atomic mass is 9.83. The SMILES string of the molecule is COC[C@@H](NC(=O)N[C@H](C(=O)N1C[C@@H]2OC(C)(C)C[C@@H]2[C@H]1C(=O)NC(CC1CC1)C(=O)C(=O)NCC(=O)NC(C(=O)N(C)C)c1ccccc1)C1CCCCC1)C(C)(C)C. The van der Waals surface area contributed by atoms with Crippen molar-refractivity contribution in [3.8, 4) is 0 Å². The number of nitrogens with one attached hydrogen (secondary N) is 5. The molecule has 0 aromatic heterocycles. The first-order chi connectivity index (χ1) is 28.3. The summed E-state index contributed by atoms with van der Waals surface area (Å²) < 4.78 is 11.8. The smallest absolute Gasteiger partial charge is 0.315 e. The van der Waals surface area contributed by atoms with E-state index in [0.717, 1.165) is 44.9 Å². The summed E-state index contributed by atoms with van der Waals surface area (Å²) in [4.78, 5) is 99.1. The van der Waals surface area contributed by atoms with E-state index in [2.05, 4.69) is 26.6 Å². The van der Waals surface area contributed by atoms with Crippen LogP contribution < -0.4 is 26.6 Å². The molecule has 0 bridgehead atoms. The highest BCUT2D eigenvalue weighted by Gasteiger charge is 2.56. The second-order valence-electron chi connectivity index (χ2n) is 19.0. The Kier molecular flexibility index (Phi) is 15.4. The van der Waals surface area contributed by atoms with Crippen LogP contribution in [0, 0.1) is 23.2 Å². The molecule has 0 spiro atoms. The van der Waals surface area contributed by atoms with Crippen molar-refractivity contribution in [2.75, 3.05) is 40.9 Å². The number of Topliss-reactive ketones (excluding diaryl/α,β-unsaturated/α-hetero) is 1. The van der Waals surface area contributed by atoms with E-state index in [1.165, 1.54) is 9.80 Å². The number of ketones is 1. The summed E-state index contributed by atoms with van der Waals surface area (Å²) in [7, 11) is 4.70. The topological polar surface area (TPSA) is 205 Å². The molecule has 2 aliphatic carbocycles. The summed E-state index contributed by atoms with van der Waals surface area (Å²) in [6, 6.07) is 3.69. The number of carbonyl (C=O) groups excluding carboxylic acids is 7. The number of likely N-dealkylation sites (N-methyl/N-ethyl adjacent to an activating group) is 1. The second kappa shape index (κ2) is 19.9. The van der Waals surface area contributed by atoms with Gasteiger partial charge in [-0.3, -0.25) is 28.8 Å². The van der Waals surface area contributed by atoms with Gasteiger partial charge in [-0.25, -0.2) is 4.79 Å². The van der Waals surface area contributed by atoms with Crippen LogP contribution in [0.25, 0.3) is 0 Å². The first-order valence-electron chi connectivity index (χ1n) is 21.5. The molecule has 4 aliphatic rings. The fraction of sp³-hybridized carbons (Fsp3) is 0.705.